The van der Waals surface area contributed by atoms with Gasteiger partial charge in [-0.1, -0.05) is 34.6 Å². The summed E-state index contributed by atoms with van der Waals surface area (Å²) in [6.07, 6.45) is 1.24. The maximum atomic E-state index is 5.82. The highest BCUT2D eigenvalue weighted by atomic mass is 16.5. The molecule has 3 heteroatoms. The third-order valence-electron chi connectivity index (χ3n) is 2.31. The molecule has 1 unspecified atom stereocenters. The molecule has 0 saturated heterocycles. The van der Waals surface area contributed by atoms with Gasteiger partial charge in [0.25, 0.3) is 0 Å². The van der Waals surface area contributed by atoms with E-state index in [1.54, 1.807) is 7.11 Å². The smallest absolute Gasteiger partial charge is 0.0932 e. The quantitative estimate of drug-likeness (QED) is 0.696. The SMILES string of the molecule is COCC(CNC(C)C)OCCC(C)(C)C. The van der Waals surface area contributed by atoms with Crippen LogP contribution in [0.15, 0.2) is 0 Å². The molecule has 0 rings (SSSR count). The molecule has 0 aliphatic heterocycles. The van der Waals surface area contributed by atoms with Crippen LogP contribution in [0.5, 0.6) is 0 Å². The summed E-state index contributed by atoms with van der Waals surface area (Å²) in [7, 11) is 1.72. The van der Waals surface area contributed by atoms with E-state index in [1.165, 1.54) is 0 Å². The van der Waals surface area contributed by atoms with Gasteiger partial charge in [-0.05, 0) is 11.8 Å². The van der Waals surface area contributed by atoms with Crippen molar-refractivity contribution in [2.75, 3.05) is 26.9 Å². The Bertz CT molecular complexity index is 164. The average molecular weight is 231 g/mol. The number of nitrogens with one attached hydrogen (secondary N) is 1. The Morgan fingerprint density at radius 2 is 1.81 bits per heavy atom. The average Bonchev–Trinajstić information content (AvgIpc) is 2.12. The summed E-state index contributed by atoms with van der Waals surface area (Å²) in [5.41, 5.74) is 0.336. The fourth-order valence-corrected chi connectivity index (χ4v) is 1.25. The van der Waals surface area contributed by atoms with Gasteiger partial charge in [-0.25, -0.2) is 0 Å². The maximum Gasteiger partial charge on any atom is 0.0932 e. The molecule has 0 radical (unpaired) electrons. The van der Waals surface area contributed by atoms with Gasteiger partial charge in [0, 0.05) is 26.3 Å². The van der Waals surface area contributed by atoms with E-state index in [2.05, 4.69) is 39.9 Å². The molecule has 0 heterocycles. The van der Waals surface area contributed by atoms with Crippen LogP contribution in [-0.2, 0) is 9.47 Å². The number of ether oxygens (including phenoxy) is 2. The Morgan fingerprint density at radius 3 is 2.25 bits per heavy atom. The second kappa shape index (κ2) is 8.04. The van der Waals surface area contributed by atoms with Gasteiger partial charge in [0.1, 0.15) is 0 Å². The zero-order valence-electron chi connectivity index (χ0n) is 11.8. The molecule has 0 fully saturated rings. The van der Waals surface area contributed by atoms with Crippen molar-refractivity contribution in [3.8, 4) is 0 Å². The molecule has 1 N–H and O–H groups in total. The highest BCUT2D eigenvalue weighted by Gasteiger charge is 2.13. The topological polar surface area (TPSA) is 30.5 Å². The van der Waals surface area contributed by atoms with Crippen molar-refractivity contribution in [2.45, 2.75) is 53.2 Å². The minimum absolute atomic E-state index is 0.162. The molecule has 0 aliphatic carbocycles. The number of methoxy groups -OCH3 is 1. The zero-order chi connectivity index (χ0) is 12.6. The third-order valence-corrected chi connectivity index (χ3v) is 2.31. The van der Waals surface area contributed by atoms with Gasteiger partial charge < -0.3 is 14.8 Å². The Hall–Kier alpha value is -0.120. The molecule has 0 spiro atoms. The highest BCUT2D eigenvalue weighted by molar-refractivity contribution is 4.65. The van der Waals surface area contributed by atoms with Crippen molar-refractivity contribution < 1.29 is 9.47 Å². The van der Waals surface area contributed by atoms with Gasteiger partial charge >= 0.3 is 0 Å². The van der Waals surface area contributed by atoms with E-state index < -0.39 is 0 Å². The van der Waals surface area contributed by atoms with E-state index in [9.17, 15) is 0 Å². The zero-order valence-corrected chi connectivity index (χ0v) is 11.8. The second-order valence-electron chi connectivity index (χ2n) is 5.82. The second-order valence-corrected chi connectivity index (χ2v) is 5.82. The summed E-state index contributed by atoms with van der Waals surface area (Å²) in [4.78, 5) is 0. The number of rotatable bonds is 8. The highest BCUT2D eigenvalue weighted by Crippen LogP contribution is 2.18. The largest absolute Gasteiger partial charge is 0.382 e. The van der Waals surface area contributed by atoms with E-state index in [4.69, 9.17) is 9.47 Å². The molecule has 1 atom stereocenters. The Kier molecular flexibility index (Phi) is 7.98. The van der Waals surface area contributed by atoms with Crippen molar-refractivity contribution >= 4 is 0 Å². The first-order valence-electron chi connectivity index (χ1n) is 6.19. The summed E-state index contributed by atoms with van der Waals surface area (Å²) in [6.45, 7) is 13.3. The van der Waals surface area contributed by atoms with Crippen molar-refractivity contribution in [3.63, 3.8) is 0 Å². The Balaban J connectivity index is 3.76. The summed E-state index contributed by atoms with van der Waals surface area (Å²) >= 11 is 0. The Labute approximate surface area is 101 Å². The van der Waals surface area contributed by atoms with Crippen LogP contribution in [0.2, 0.25) is 0 Å². The van der Waals surface area contributed by atoms with Gasteiger partial charge in [-0.15, -0.1) is 0 Å². The van der Waals surface area contributed by atoms with E-state index in [1.807, 2.05) is 0 Å². The molecule has 0 bridgehead atoms. The van der Waals surface area contributed by atoms with Crippen molar-refractivity contribution in [3.05, 3.63) is 0 Å². The van der Waals surface area contributed by atoms with Gasteiger partial charge in [-0.2, -0.15) is 0 Å². The van der Waals surface area contributed by atoms with Gasteiger partial charge in [-0.3, -0.25) is 0 Å². The first-order chi connectivity index (χ1) is 7.35. The molecule has 0 aromatic carbocycles. The molecule has 0 aromatic heterocycles. The van der Waals surface area contributed by atoms with Crippen molar-refractivity contribution in [2.24, 2.45) is 5.41 Å². The van der Waals surface area contributed by atoms with E-state index in [-0.39, 0.29) is 6.10 Å². The fraction of sp³-hybridized carbons (Fsp3) is 1.00. The lowest BCUT2D eigenvalue weighted by Crippen LogP contribution is -2.36. The molecule has 0 aliphatic rings. The lowest BCUT2D eigenvalue weighted by Gasteiger charge is -2.22. The Morgan fingerprint density at radius 1 is 1.19 bits per heavy atom. The van der Waals surface area contributed by atoms with E-state index in [0.717, 1.165) is 19.6 Å². The molecule has 98 valence electrons. The van der Waals surface area contributed by atoms with Gasteiger partial charge in [0.15, 0.2) is 0 Å². The van der Waals surface area contributed by atoms with E-state index in [0.29, 0.717) is 18.1 Å². The number of hydrogen-bond donors (Lipinski definition) is 1. The molecular formula is C13H29NO2. The van der Waals surface area contributed by atoms with Crippen LogP contribution >= 0.6 is 0 Å². The third kappa shape index (κ3) is 10.4. The summed E-state index contributed by atoms with van der Waals surface area (Å²) in [5, 5.41) is 3.37. The van der Waals surface area contributed by atoms with Crippen molar-refractivity contribution in [1.82, 2.24) is 5.32 Å². The van der Waals surface area contributed by atoms with Crippen LogP contribution in [0, 0.1) is 5.41 Å². The molecule has 0 amide bonds. The minimum atomic E-state index is 0.162. The van der Waals surface area contributed by atoms with Gasteiger partial charge in [0.2, 0.25) is 0 Å². The summed E-state index contributed by atoms with van der Waals surface area (Å²) in [5.74, 6) is 0. The predicted octanol–water partition coefficient (Wildman–Crippen LogP) is 2.45. The first-order valence-corrected chi connectivity index (χ1v) is 6.19. The van der Waals surface area contributed by atoms with Crippen molar-refractivity contribution in [1.29, 1.82) is 0 Å². The molecule has 0 saturated carbocycles. The molecular weight excluding hydrogens is 202 g/mol. The van der Waals surface area contributed by atoms with Gasteiger partial charge in [0.05, 0.1) is 12.7 Å². The van der Waals surface area contributed by atoms with Crippen LogP contribution in [0.25, 0.3) is 0 Å². The fourth-order valence-electron chi connectivity index (χ4n) is 1.25. The molecule has 16 heavy (non-hydrogen) atoms. The van der Waals surface area contributed by atoms with Crippen LogP contribution in [0.1, 0.15) is 41.0 Å². The van der Waals surface area contributed by atoms with Crippen LogP contribution in [-0.4, -0.2) is 39.0 Å². The predicted molar refractivity (Wildman–Crippen MR) is 68.8 cm³/mol. The monoisotopic (exact) mass is 231 g/mol. The van der Waals surface area contributed by atoms with Crippen LogP contribution in [0.3, 0.4) is 0 Å². The normalized spacial score (nSPS) is 14.4. The maximum absolute atomic E-state index is 5.82. The minimum Gasteiger partial charge on any atom is -0.382 e. The lowest BCUT2D eigenvalue weighted by atomic mass is 9.93. The van der Waals surface area contributed by atoms with E-state index >= 15 is 0 Å². The van der Waals surface area contributed by atoms with Crippen LogP contribution in [0.4, 0.5) is 0 Å². The summed E-state index contributed by atoms with van der Waals surface area (Å²) in [6, 6.07) is 0.491. The summed E-state index contributed by atoms with van der Waals surface area (Å²) < 4.78 is 11.0. The molecule has 3 nitrogen and oxygen atoms in total. The number of hydrogen-bond acceptors (Lipinski definition) is 3. The first kappa shape index (κ1) is 15.9. The standard InChI is InChI=1S/C13H29NO2/c1-11(2)14-9-12(10-15-6)16-8-7-13(3,4)5/h11-12,14H,7-10H2,1-6H3. The lowest BCUT2D eigenvalue weighted by molar-refractivity contribution is -0.0104. The van der Waals surface area contributed by atoms with Crippen LogP contribution < -0.4 is 5.32 Å². The molecule has 0 aromatic rings.